The summed E-state index contributed by atoms with van der Waals surface area (Å²) in [6.45, 7) is 0.802. The van der Waals surface area contributed by atoms with Crippen molar-refractivity contribution in [2.45, 2.75) is 50.1 Å². The van der Waals surface area contributed by atoms with Crippen LogP contribution in [-0.2, 0) is 0 Å². The van der Waals surface area contributed by atoms with Gasteiger partial charge in [-0.3, -0.25) is 9.59 Å². The average Bonchev–Trinajstić information content (AvgIpc) is 3.61. The Hall–Kier alpha value is -2.42. The van der Waals surface area contributed by atoms with Crippen LogP contribution in [0.25, 0.3) is 10.4 Å². The van der Waals surface area contributed by atoms with E-state index in [1.165, 1.54) is 23.5 Å². The fraction of sp³-hybridized carbons (Fsp3) is 0.346. The van der Waals surface area contributed by atoms with E-state index in [0.29, 0.717) is 17.2 Å². The van der Waals surface area contributed by atoms with Crippen LogP contribution in [0.5, 0.6) is 0 Å². The zero-order chi connectivity index (χ0) is 23.7. The number of carbonyl (C=O) groups is 2. The lowest BCUT2D eigenvalue weighted by Gasteiger charge is -2.31. The molecule has 3 aromatic rings. The second-order valence-electron chi connectivity index (χ2n) is 8.89. The van der Waals surface area contributed by atoms with Gasteiger partial charge < -0.3 is 10.6 Å². The number of thiazole rings is 1. The number of hydrogen-bond acceptors (Lipinski definition) is 5. The van der Waals surface area contributed by atoms with E-state index in [9.17, 15) is 14.0 Å². The van der Waals surface area contributed by atoms with Gasteiger partial charge in [-0.25, -0.2) is 9.37 Å². The SMILES string of the molecule is O=C(NC(C(=O)c1nc(C2CC2)sc1-c1ccc(F)cc1)C1CCCCN1)c1cccc(Br)c1. The topological polar surface area (TPSA) is 71.1 Å². The number of nitrogens with one attached hydrogen (secondary N) is 2. The summed E-state index contributed by atoms with van der Waals surface area (Å²) in [7, 11) is 0. The number of amides is 1. The van der Waals surface area contributed by atoms with E-state index in [1.54, 1.807) is 30.3 Å². The molecule has 0 spiro atoms. The van der Waals surface area contributed by atoms with Crippen molar-refractivity contribution < 1.29 is 14.0 Å². The summed E-state index contributed by atoms with van der Waals surface area (Å²) < 4.78 is 14.4. The first-order chi connectivity index (χ1) is 16.5. The van der Waals surface area contributed by atoms with Crippen LogP contribution in [-0.4, -0.2) is 35.3 Å². The Morgan fingerprint density at radius 2 is 1.91 bits per heavy atom. The van der Waals surface area contributed by atoms with Gasteiger partial charge in [0.1, 0.15) is 17.6 Å². The van der Waals surface area contributed by atoms with E-state index in [2.05, 4.69) is 26.6 Å². The fourth-order valence-corrected chi connectivity index (χ4v) is 5.96. The van der Waals surface area contributed by atoms with Crippen molar-refractivity contribution in [3.8, 4) is 10.4 Å². The molecule has 2 aliphatic rings. The van der Waals surface area contributed by atoms with E-state index in [0.717, 1.165) is 58.6 Å². The molecule has 5 rings (SSSR count). The number of hydrogen-bond donors (Lipinski definition) is 2. The van der Waals surface area contributed by atoms with Crippen LogP contribution in [0.3, 0.4) is 0 Å². The van der Waals surface area contributed by atoms with E-state index >= 15 is 0 Å². The van der Waals surface area contributed by atoms with E-state index < -0.39 is 6.04 Å². The Kier molecular flexibility index (Phi) is 6.90. The number of Topliss-reactive ketones (excluding diaryl/α,β-unsaturated/α-hetero) is 1. The molecule has 8 heteroatoms. The molecule has 1 aromatic heterocycles. The highest BCUT2D eigenvalue weighted by Gasteiger charge is 2.36. The van der Waals surface area contributed by atoms with Gasteiger partial charge in [-0.1, -0.05) is 40.5 Å². The Morgan fingerprint density at radius 1 is 1.12 bits per heavy atom. The van der Waals surface area contributed by atoms with Crippen LogP contribution in [0.2, 0.25) is 0 Å². The minimum Gasteiger partial charge on any atom is -0.340 e. The predicted octanol–water partition coefficient (Wildman–Crippen LogP) is 5.71. The lowest BCUT2D eigenvalue weighted by Crippen LogP contribution is -2.55. The number of benzene rings is 2. The number of rotatable bonds is 7. The Labute approximate surface area is 210 Å². The van der Waals surface area contributed by atoms with Crippen molar-refractivity contribution in [3.05, 3.63) is 75.1 Å². The molecule has 0 bridgehead atoms. The maximum atomic E-state index is 14.0. The number of ketones is 1. The third kappa shape index (κ3) is 5.14. The van der Waals surface area contributed by atoms with E-state index in [1.807, 2.05) is 6.07 Å². The first-order valence-electron chi connectivity index (χ1n) is 11.6. The van der Waals surface area contributed by atoms with Crippen LogP contribution >= 0.6 is 27.3 Å². The number of carbonyl (C=O) groups excluding carboxylic acids is 2. The maximum Gasteiger partial charge on any atom is 0.251 e. The summed E-state index contributed by atoms with van der Waals surface area (Å²) in [6.07, 6.45) is 4.96. The van der Waals surface area contributed by atoms with Gasteiger partial charge in [0.2, 0.25) is 5.78 Å². The van der Waals surface area contributed by atoms with Crippen molar-refractivity contribution in [1.82, 2.24) is 15.6 Å². The third-order valence-electron chi connectivity index (χ3n) is 6.32. The molecule has 2 heterocycles. The predicted molar refractivity (Wildman–Crippen MR) is 135 cm³/mol. The highest BCUT2D eigenvalue weighted by Crippen LogP contribution is 2.45. The van der Waals surface area contributed by atoms with Crippen LogP contribution < -0.4 is 10.6 Å². The molecule has 2 aromatic carbocycles. The number of nitrogens with zero attached hydrogens (tertiary/aromatic N) is 1. The molecule has 2 N–H and O–H groups in total. The van der Waals surface area contributed by atoms with Gasteiger partial charge in [0.15, 0.2) is 0 Å². The monoisotopic (exact) mass is 541 g/mol. The van der Waals surface area contributed by atoms with Gasteiger partial charge in [0.25, 0.3) is 5.91 Å². The zero-order valence-corrected chi connectivity index (χ0v) is 20.9. The highest BCUT2D eigenvalue weighted by molar-refractivity contribution is 9.10. The van der Waals surface area contributed by atoms with E-state index in [4.69, 9.17) is 4.98 Å². The first-order valence-corrected chi connectivity index (χ1v) is 13.2. The molecule has 1 aliphatic heterocycles. The third-order valence-corrected chi connectivity index (χ3v) is 8.08. The number of piperidine rings is 1. The number of aromatic nitrogens is 1. The van der Waals surface area contributed by atoms with Gasteiger partial charge in [-0.2, -0.15) is 0 Å². The van der Waals surface area contributed by atoms with Gasteiger partial charge in [0, 0.05) is 22.0 Å². The van der Waals surface area contributed by atoms with Crippen LogP contribution in [0.1, 0.15) is 63.9 Å². The second-order valence-corrected chi connectivity index (χ2v) is 10.8. The number of halogens is 2. The highest BCUT2D eigenvalue weighted by atomic mass is 79.9. The molecule has 1 aliphatic carbocycles. The molecule has 2 atom stereocenters. The smallest absolute Gasteiger partial charge is 0.251 e. The molecular weight excluding hydrogens is 517 g/mol. The Balaban J connectivity index is 1.50. The van der Waals surface area contributed by atoms with Crippen LogP contribution in [0.15, 0.2) is 53.0 Å². The maximum absolute atomic E-state index is 14.0. The van der Waals surface area contributed by atoms with E-state index in [-0.39, 0.29) is 23.5 Å². The van der Waals surface area contributed by atoms with Crippen molar-refractivity contribution in [2.24, 2.45) is 0 Å². The summed E-state index contributed by atoms with van der Waals surface area (Å²) in [5.74, 6) is -0.444. The minimum absolute atomic E-state index is 0.176. The lowest BCUT2D eigenvalue weighted by atomic mass is 9.92. The Morgan fingerprint density at radius 3 is 2.59 bits per heavy atom. The van der Waals surface area contributed by atoms with Gasteiger partial charge in [0.05, 0.1) is 9.88 Å². The van der Waals surface area contributed by atoms with Crippen molar-refractivity contribution >= 4 is 39.0 Å². The van der Waals surface area contributed by atoms with Crippen molar-refractivity contribution in [2.75, 3.05) is 6.54 Å². The standard InChI is InChI=1S/C26H25BrFN3O2S/c27-18-5-3-4-17(14-18)25(33)30-21(20-6-1-2-13-29-20)23(32)22-24(15-9-11-19(28)12-10-15)34-26(31-22)16-7-8-16/h3-5,9-12,14,16,20-21,29H,1-2,6-8,13H2,(H,30,33). The quantitative estimate of drug-likeness (QED) is 0.375. The van der Waals surface area contributed by atoms with Gasteiger partial charge in [-0.15, -0.1) is 11.3 Å². The van der Waals surface area contributed by atoms with Crippen molar-refractivity contribution in [1.29, 1.82) is 0 Å². The molecule has 5 nitrogen and oxygen atoms in total. The summed E-state index contributed by atoms with van der Waals surface area (Å²) >= 11 is 4.91. The molecule has 0 radical (unpaired) electrons. The fourth-order valence-electron chi connectivity index (χ4n) is 4.32. The van der Waals surface area contributed by atoms with Crippen LogP contribution in [0.4, 0.5) is 4.39 Å². The minimum atomic E-state index is -0.750. The molecule has 34 heavy (non-hydrogen) atoms. The molecule has 2 unspecified atom stereocenters. The largest absolute Gasteiger partial charge is 0.340 e. The molecule has 1 amide bonds. The van der Waals surface area contributed by atoms with Gasteiger partial charge >= 0.3 is 0 Å². The Bertz CT molecular complexity index is 1200. The van der Waals surface area contributed by atoms with Gasteiger partial charge in [-0.05, 0) is 68.1 Å². The second kappa shape index (κ2) is 10.1. The summed E-state index contributed by atoms with van der Waals surface area (Å²) in [5, 5.41) is 7.37. The lowest BCUT2D eigenvalue weighted by molar-refractivity contribution is 0.0823. The normalized spacial score (nSPS) is 18.9. The zero-order valence-electron chi connectivity index (χ0n) is 18.5. The summed E-state index contributed by atoms with van der Waals surface area (Å²) in [4.78, 5) is 32.6. The molecular formula is C26H25BrFN3O2S. The van der Waals surface area contributed by atoms with Crippen LogP contribution in [0, 0.1) is 5.82 Å². The molecule has 176 valence electrons. The summed E-state index contributed by atoms with van der Waals surface area (Å²) in [5.41, 5.74) is 1.62. The first kappa shape index (κ1) is 23.3. The average molecular weight is 542 g/mol. The van der Waals surface area contributed by atoms with Crippen molar-refractivity contribution in [3.63, 3.8) is 0 Å². The molecule has 1 saturated carbocycles. The summed E-state index contributed by atoms with van der Waals surface area (Å²) in [6, 6.07) is 12.4. The molecule has 2 fully saturated rings. The molecule has 1 saturated heterocycles.